The van der Waals surface area contributed by atoms with Gasteiger partial charge in [-0.25, -0.2) is 4.90 Å². The first-order chi connectivity index (χ1) is 21.5. The van der Waals surface area contributed by atoms with Gasteiger partial charge in [-0.2, -0.15) is 5.06 Å². The molecular formula is C33H25Br2ClN2O7. The van der Waals surface area contributed by atoms with Crippen LogP contribution in [0.3, 0.4) is 0 Å². The summed E-state index contributed by atoms with van der Waals surface area (Å²) < 4.78 is 6.24. The Hall–Kier alpha value is -3.51. The van der Waals surface area contributed by atoms with Crippen molar-refractivity contribution in [3.63, 3.8) is 0 Å². The molecule has 0 unspecified atom stereocenters. The Bertz CT molecular complexity index is 1850. The van der Waals surface area contributed by atoms with Gasteiger partial charge in [0.1, 0.15) is 0 Å². The van der Waals surface area contributed by atoms with Gasteiger partial charge in [0.05, 0.1) is 40.4 Å². The van der Waals surface area contributed by atoms with E-state index in [1.54, 1.807) is 42.5 Å². The molecule has 12 heteroatoms. The number of imide groups is 2. The number of amides is 4. The third-order valence-electron chi connectivity index (χ3n) is 9.85. The second-order valence-electron chi connectivity index (χ2n) is 11.7. The number of allylic oxidation sites excluding steroid dienone is 2. The average Bonchev–Trinajstić information content (AvgIpc) is 3.41. The van der Waals surface area contributed by atoms with E-state index < -0.39 is 58.6 Å². The molecule has 0 bridgehead atoms. The highest BCUT2D eigenvalue weighted by Gasteiger charge is 2.70. The van der Waals surface area contributed by atoms with Crippen molar-refractivity contribution in [1.82, 2.24) is 5.06 Å². The van der Waals surface area contributed by atoms with Crippen LogP contribution in [0.25, 0.3) is 0 Å². The molecule has 0 aromatic heterocycles. The van der Waals surface area contributed by atoms with Crippen LogP contribution in [0, 0.1) is 23.7 Å². The molecule has 3 aromatic rings. The molecule has 2 saturated heterocycles. The van der Waals surface area contributed by atoms with Gasteiger partial charge in [-0.05, 0) is 86.0 Å². The maximum atomic E-state index is 15.2. The Labute approximate surface area is 279 Å². The average molecular weight is 757 g/mol. The molecule has 4 amide bonds. The van der Waals surface area contributed by atoms with Gasteiger partial charge in [-0.1, -0.05) is 59.6 Å². The lowest BCUT2D eigenvalue weighted by atomic mass is 9.49. The fourth-order valence-electron chi connectivity index (χ4n) is 8.05. The lowest BCUT2D eigenvalue weighted by Crippen LogP contribution is -2.53. The third kappa shape index (κ3) is 4.06. The summed E-state index contributed by atoms with van der Waals surface area (Å²) in [5.41, 5.74) is 0.628. The standard InChI is InChI=1S/C33H25Br2ClN2O7/c1-45-23-14-21(26(34)27(35)28(23)39)25-18-10-11-19-24(31(42)38(44)29(19)40)20(18)13-22-30(41)37(17-9-5-8-16(36)12-17)32(43)33(22,25)15-6-3-2-4-7-15/h2-10,12,14,19-20,22,24-25,39,44H,11,13H2,1H3/t19-,20+,22-,24-,25+,33+/m0/s1. The number of carbonyl (C=O) groups excluding carboxylic acids is 4. The van der Waals surface area contributed by atoms with Crippen LogP contribution in [-0.4, -0.2) is 46.1 Å². The number of phenolic OH excluding ortho intramolecular Hbond substituents is 1. The number of hydroxylamine groups is 2. The summed E-state index contributed by atoms with van der Waals surface area (Å²) in [6, 6.07) is 17.2. The van der Waals surface area contributed by atoms with Gasteiger partial charge in [0.2, 0.25) is 11.8 Å². The van der Waals surface area contributed by atoms with Crippen molar-refractivity contribution in [2.75, 3.05) is 12.0 Å². The molecule has 2 N–H and O–H groups in total. The summed E-state index contributed by atoms with van der Waals surface area (Å²) >= 11 is 13.4. The maximum Gasteiger partial charge on any atom is 0.257 e. The molecule has 2 aliphatic heterocycles. The number of rotatable bonds is 4. The Balaban J connectivity index is 1.56. The number of fused-ring (bicyclic) bond motifs is 4. The number of hydrogen-bond acceptors (Lipinski definition) is 7. The smallest absolute Gasteiger partial charge is 0.257 e. The number of carbonyl (C=O) groups is 4. The number of benzene rings is 3. The Morgan fingerprint density at radius 1 is 0.933 bits per heavy atom. The highest BCUT2D eigenvalue weighted by molar-refractivity contribution is 9.13. The Morgan fingerprint density at radius 3 is 2.36 bits per heavy atom. The maximum absolute atomic E-state index is 15.2. The minimum absolute atomic E-state index is 0.0842. The van der Waals surface area contributed by atoms with E-state index in [1.807, 2.05) is 24.3 Å². The number of hydrogen-bond donors (Lipinski definition) is 2. The van der Waals surface area contributed by atoms with Crippen molar-refractivity contribution in [2.24, 2.45) is 23.7 Å². The first-order valence-corrected chi connectivity index (χ1v) is 16.2. The van der Waals surface area contributed by atoms with Crippen LogP contribution < -0.4 is 9.64 Å². The lowest BCUT2D eigenvalue weighted by molar-refractivity contribution is -0.173. The highest BCUT2D eigenvalue weighted by atomic mass is 79.9. The normalized spacial score (nSPS) is 29.0. The van der Waals surface area contributed by atoms with Crippen LogP contribution in [0.5, 0.6) is 11.5 Å². The molecule has 0 spiro atoms. The van der Waals surface area contributed by atoms with E-state index in [4.69, 9.17) is 16.3 Å². The SMILES string of the molecule is COc1cc([C@H]2C3=CC[C@@H]4C(=O)N(O)C(=O)[C@@H]4[C@@H]3C[C@H]3C(=O)N(c4cccc(Cl)c4)C(=O)[C@@]23c2ccccc2)c(Br)c(Br)c1O. The number of anilines is 1. The zero-order valence-electron chi connectivity index (χ0n) is 23.6. The fraction of sp³-hybridized carbons (Fsp3) is 0.273. The van der Waals surface area contributed by atoms with Crippen molar-refractivity contribution in [3.05, 3.63) is 97.4 Å². The van der Waals surface area contributed by atoms with Crippen LogP contribution in [0.15, 0.2) is 81.3 Å². The number of ether oxygens (including phenoxy) is 1. The van der Waals surface area contributed by atoms with Gasteiger partial charge >= 0.3 is 0 Å². The summed E-state index contributed by atoms with van der Waals surface area (Å²) in [5, 5.41) is 21.8. The summed E-state index contributed by atoms with van der Waals surface area (Å²) in [7, 11) is 1.41. The number of aromatic hydroxyl groups is 1. The first kappa shape index (κ1) is 30.2. The molecule has 6 atom stereocenters. The predicted molar refractivity (Wildman–Crippen MR) is 170 cm³/mol. The number of nitrogens with zero attached hydrogens (tertiary/aromatic N) is 2. The van der Waals surface area contributed by atoms with Crippen molar-refractivity contribution in [2.45, 2.75) is 24.2 Å². The zero-order valence-corrected chi connectivity index (χ0v) is 27.5. The fourth-order valence-corrected chi connectivity index (χ4v) is 9.19. The zero-order chi connectivity index (χ0) is 31.9. The van der Waals surface area contributed by atoms with E-state index in [2.05, 4.69) is 31.9 Å². The van der Waals surface area contributed by atoms with Gasteiger partial charge in [0.15, 0.2) is 11.5 Å². The van der Waals surface area contributed by atoms with E-state index in [0.29, 0.717) is 31.9 Å². The molecule has 7 rings (SSSR count). The molecule has 230 valence electrons. The number of phenols is 1. The molecule has 3 fully saturated rings. The number of halogens is 3. The molecular weight excluding hydrogens is 732 g/mol. The van der Waals surface area contributed by atoms with Gasteiger partial charge in [-0.15, -0.1) is 0 Å². The van der Waals surface area contributed by atoms with E-state index >= 15 is 4.79 Å². The Morgan fingerprint density at radius 2 is 1.67 bits per heavy atom. The Kier molecular flexibility index (Phi) is 7.23. The molecule has 9 nitrogen and oxygen atoms in total. The van der Waals surface area contributed by atoms with Crippen LogP contribution in [-0.2, 0) is 24.6 Å². The summed E-state index contributed by atoms with van der Waals surface area (Å²) in [5.74, 6) is -6.55. The molecule has 1 saturated carbocycles. The molecule has 45 heavy (non-hydrogen) atoms. The topological polar surface area (TPSA) is 124 Å². The van der Waals surface area contributed by atoms with Gasteiger partial charge in [-0.3, -0.25) is 24.4 Å². The molecule has 3 aromatic carbocycles. The van der Waals surface area contributed by atoms with Crippen LogP contribution in [0.4, 0.5) is 5.69 Å². The monoisotopic (exact) mass is 754 g/mol. The minimum atomic E-state index is -1.51. The van der Waals surface area contributed by atoms with Crippen LogP contribution in [0.2, 0.25) is 5.02 Å². The lowest BCUT2D eigenvalue weighted by Gasteiger charge is -2.51. The first-order valence-electron chi connectivity index (χ1n) is 14.2. The van der Waals surface area contributed by atoms with Crippen molar-refractivity contribution < 1.29 is 34.2 Å². The largest absolute Gasteiger partial charge is 0.503 e. The number of methoxy groups -OCH3 is 1. The van der Waals surface area contributed by atoms with Gasteiger partial charge in [0.25, 0.3) is 11.8 Å². The molecule has 4 aliphatic rings. The molecule has 0 radical (unpaired) electrons. The van der Waals surface area contributed by atoms with Crippen LogP contribution in [0.1, 0.15) is 29.9 Å². The highest BCUT2D eigenvalue weighted by Crippen LogP contribution is 2.65. The van der Waals surface area contributed by atoms with E-state index in [9.17, 15) is 24.7 Å². The van der Waals surface area contributed by atoms with Gasteiger partial charge in [0, 0.05) is 15.4 Å². The van der Waals surface area contributed by atoms with E-state index in [-0.39, 0.29) is 33.9 Å². The molecule has 2 heterocycles. The van der Waals surface area contributed by atoms with Crippen molar-refractivity contribution in [3.8, 4) is 11.5 Å². The van der Waals surface area contributed by atoms with Crippen molar-refractivity contribution >= 4 is 72.8 Å². The minimum Gasteiger partial charge on any atom is -0.503 e. The van der Waals surface area contributed by atoms with Gasteiger partial charge < -0.3 is 9.84 Å². The second-order valence-corrected chi connectivity index (χ2v) is 13.7. The summed E-state index contributed by atoms with van der Waals surface area (Å²) in [4.78, 5) is 57.4. The quantitative estimate of drug-likeness (QED) is 0.187. The third-order valence-corrected chi connectivity index (χ3v) is 12.2. The van der Waals surface area contributed by atoms with Crippen LogP contribution >= 0.6 is 43.5 Å². The van der Waals surface area contributed by atoms with E-state index in [0.717, 1.165) is 0 Å². The van der Waals surface area contributed by atoms with E-state index in [1.165, 1.54) is 12.0 Å². The molecule has 2 aliphatic carbocycles. The predicted octanol–water partition coefficient (Wildman–Crippen LogP) is 6.13. The summed E-state index contributed by atoms with van der Waals surface area (Å²) in [6.45, 7) is 0. The second kappa shape index (κ2) is 10.8. The summed E-state index contributed by atoms with van der Waals surface area (Å²) in [6.07, 6.45) is 2.13. The van der Waals surface area contributed by atoms with Crippen molar-refractivity contribution in [1.29, 1.82) is 0 Å².